The molecule has 7 heteroatoms. The van der Waals surface area contributed by atoms with Gasteiger partial charge in [0.25, 0.3) is 0 Å². The van der Waals surface area contributed by atoms with E-state index in [0.29, 0.717) is 0 Å². The molecule has 2 N–H and O–H groups in total. The van der Waals surface area contributed by atoms with Crippen LogP contribution in [0.3, 0.4) is 0 Å². The number of hydrogen-bond donors (Lipinski definition) is 2. The molecule has 0 aromatic heterocycles. The van der Waals surface area contributed by atoms with E-state index < -0.39 is 25.0 Å². The molecule has 0 saturated carbocycles. The Morgan fingerprint density at radius 3 is 2.36 bits per heavy atom. The second-order valence-electron chi connectivity index (χ2n) is 1.75. The zero-order chi connectivity index (χ0) is 8.65. The topological polar surface area (TPSA) is 83.5 Å². The maximum Gasteiger partial charge on any atom is 0.349 e. The molecule has 1 rings (SSSR count). The Balaban J connectivity index is 3.24. The van der Waals surface area contributed by atoms with Crippen LogP contribution < -0.4 is 5.32 Å². The van der Waals surface area contributed by atoms with Crippen molar-refractivity contribution in [3.05, 3.63) is 11.1 Å². The Morgan fingerprint density at radius 1 is 1.64 bits per heavy atom. The van der Waals surface area contributed by atoms with Crippen molar-refractivity contribution in [1.29, 1.82) is 0 Å². The molecular formula is C4H3NO4S2. The average Bonchev–Trinajstić information content (AvgIpc) is 2.08. The maximum absolute atomic E-state index is 10.9. The fourth-order valence-corrected chi connectivity index (χ4v) is 1.74. The number of rotatable bonds is 1. The van der Waals surface area contributed by atoms with E-state index in [-0.39, 0.29) is 0 Å². The van der Waals surface area contributed by atoms with Crippen molar-refractivity contribution in [2.75, 3.05) is 0 Å². The molecule has 0 spiro atoms. The second kappa shape index (κ2) is 2.28. The third kappa shape index (κ3) is 1.12. The lowest BCUT2D eigenvalue weighted by atomic mass is 10.6. The van der Waals surface area contributed by atoms with Crippen LogP contribution in [-0.4, -0.2) is 23.8 Å². The number of carboxylic acids is 1. The lowest BCUT2D eigenvalue weighted by molar-refractivity contribution is -0.131. The summed E-state index contributed by atoms with van der Waals surface area (Å²) in [6.07, 6.45) is 0.861. The smallest absolute Gasteiger partial charge is 0.349 e. The minimum Gasteiger partial charge on any atom is -0.477 e. The maximum atomic E-state index is 10.9. The van der Waals surface area contributed by atoms with Crippen LogP contribution in [0, 0.1) is 0 Å². The van der Waals surface area contributed by atoms with Gasteiger partial charge < -0.3 is 10.4 Å². The fourth-order valence-electron chi connectivity index (χ4n) is 0.556. The quantitative estimate of drug-likeness (QED) is 0.531. The number of thiocarbonyl (C=S) groups is 1. The minimum atomic E-state index is -3.88. The highest BCUT2D eigenvalue weighted by molar-refractivity contribution is 8.20. The lowest BCUT2D eigenvalue weighted by Crippen LogP contribution is -2.19. The number of carboxylic acid groups (broad SMARTS) is 1. The van der Waals surface area contributed by atoms with Gasteiger partial charge in [0.1, 0.15) is 0 Å². The molecule has 0 aliphatic carbocycles. The summed E-state index contributed by atoms with van der Waals surface area (Å²) in [6.45, 7) is 0. The number of sulfone groups is 1. The number of carbonyl (C=O) groups is 1. The van der Waals surface area contributed by atoms with Gasteiger partial charge in [-0.3, -0.25) is 0 Å². The summed E-state index contributed by atoms with van der Waals surface area (Å²) in [6, 6.07) is 0. The summed E-state index contributed by atoms with van der Waals surface area (Å²) in [5.41, 5.74) is 0. The number of nitrogens with one attached hydrogen (secondary N) is 1. The van der Waals surface area contributed by atoms with Crippen molar-refractivity contribution in [1.82, 2.24) is 5.32 Å². The molecule has 1 heterocycles. The van der Waals surface area contributed by atoms with Crippen molar-refractivity contribution in [2.45, 2.75) is 0 Å². The molecule has 0 saturated heterocycles. The average molecular weight is 193 g/mol. The van der Waals surface area contributed by atoms with Gasteiger partial charge >= 0.3 is 5.97 Å². The molecular weight excluding hydrogens is 190 g/mol. The molecule has 0 atom stereocenters. The van der Waals surface area contributed by atoms with Gasteiger partial charge in [-0.25, -0.2) is 13.2 Å². The number of aliphatic carboxylic acids is 1. The van der Waals surface area contributed by atoms with E-state index in [1.807, 2.05) is 0 Å². The van der Waals surface area contributed by atoms with Gasteiger partial charge in [-0.15, -0.1) is 0 Å². The third-order valence-electron chi connectivity index (χ3n) is 1.07. The summed E-state index contributed by atoms with van der Waals surface area (Å²) in [7, 11) is -3.88. The molecule has 1 aliphatic heterocycles. The largest absolute Gasteiger partial charge is 0.477 e. The van der Waals surface area contributed by atoms with E-state index in [0.717, 1.165) is 6.20 Å². The summed E-state index contributed by atoms with van der Waals surface area (Å²) in [4.78, 5) is 9.51. The molecule has 0 amide bonds. The van der Waals surface area contributed by atoms with Crippen LogP contribution in [0.4, 0.5) is 0 Å². The Morgan fingerprint density at radius 2 is 2.18 bits per heavy atom. The molecule has 0 aromatic carbocycles. The van der Waals surface area contributed by atoms with Crippen LogP contribution in [-0.2, 0) is 14.6 Å². The monoisotopic (exact) mass is 193 g/mol. The molecule has 60 valence electrons. The molecule has 5 nitrogen and oxygen atoms in total. The lowest BCUT2D eigenvalue weighted by Gasteiger charge is -1.92. The van der Waals surface area contributed by atoms with E-state index in [2.05, 4.69) is 17.5 Å². The van der Waals surface area contributed by atoms with E-state index >= 15 is 0 Å². The standard InChI is InChI=1S/C4H3NO4S2/c6-3(7)2-1-5-4(10)11(2,8)9/h1H,(H,5,10)(H,6,7). The first-order valence-electron chi connectivity index (χ1n) is 2.45. The predicted octanol–water partition coefficient (Wildman–Crippen LogP) is -0.785. The van der Waals surface area contributed by atoms with Gasteiger partial charge in [0.05, 0.1) is 0 Å². The van der Waals surface area contributed by atoms with Gasteiger partial charge in [0, 0.05) is 6.20 Å². The predicted molar refractivity (Wildman–Crippen MR) is 40.4 cm³/mol. The van der Waals surface area contributed by atoms with Crippen LogP contribution in [0.15, 0.2) is 11.1 Å². The highest BCUT2D eigenvalue weighted by Crippen LogP contribution is 2.13. The van der Waals surface area contributed by atoms with Gasteiger partial charge in [-0.05, 0) is 12.2 Å². The van der Waals surface area contributed by atoms with Crippen LogP contribution >= 0.6 is 12.2 Å². The number of hydrogen-bond acceptors (Lipinski definition) is 4. The van der Waals surface area contributed by atoms with Crippen molar-refractivity contribution in [3.8, 4) is 0 Å². The molecule has 1 aliphatic rings. The van der Waals surface area contributed by atoms with Crippen LogP contribution in [0.2, 0.25) is 0 Å². The van der Waals surface area contributed by atoms with Crippen LogP contribution in [0.25, 0.3) is 0 Å². The molecule has 0 radical (unpaired) electrons. The zero-order valence-electron chi connectivity index (χ0n) is 5.07. The van der Waals surface area contributed by atoms with E-state index in [9.17, 15) is 13.2 Å². The van der Waals surface area contributed by atoms with Crippen molar-refractivity contribution >= 4 is 32.3 Å². The van der Waals surface area contributed by atoms with Gasteiger partial charge in [0.15, 0.2) is 4.91 Å². The Hall–Kier alpha value is -0.950. The molecule has 0 fully saturated rings. The Bertz CT molecular complexity index is 352. The Kier molecular flexibility index (Phi) is 1.69. The van der Waals surface area contributed by atoms with Gasteiger partial charge in [-0.1, -0.05) is 0 Å². The molecule has 0 unspecified atom stereocenters. The van der Waals surface area contributed by atoms with Crippen LogP contribution in [0.1, 0.15) is 0 Å². The normalized spacial score (nSPS) is 20.7. The Labute approximate surface area is 67.6 Å². The molecule has 0 aromatic rings. The molecule has 11 heavy (non-hydrogen) atoms. The second-order valence-corrected chi connectivity index (χ2v) is 4.27. The first kappa shape index (κ1) is 8.15. The minimum absolute atomic E-state index is 0.463. The van der Waals surface area contributed by atoms with Crippen molar-refractivity contribution in [3.63, 3.8) is 0 Å². The fraction of sp³-hybridized carbons (Fsp3) is 0. The zero-order valence-corrected chi connectivity index (χ0v) is 6.70. The van der Waals surface area contributed by atoms with Gasteiger partial charge in [-0.2, -0.15) is 0 Å². The van der Waals surface area contributed by atoms with E-state index in [1.54, 1.807) is 0 Å². The first-order valence-corrected chi connectivity index (χ1v) is 4.34. The molecule has 0 bridgehead atoms. The van der Waals surface area contributed by atoms with Crippen LogP contribution in [0.5, 0.6) is 0 Å². The third-order valence-corrected chi connectivity index (χ3v) is 3.32. The SMILES string of the molecule is O=C(O)C1=CNC(=S)S1(=O)=O. The van der Waals surface area contributed by atoms with E-state index in [4.69, 9.17) is 5.11 Å². The highest BCUT2D eigenvalue weighted by atomic mass is 32.2. The summed E-state index contributed by atoms with van der Waals surface area (Å²) >= 11 is 4.34. The summed E-state index contributed by atoms with van der Waals surface area (Å²) < 4.78 is 21.3. The van der Waals surface area contributed by atoms with Crippen molar-refractivity contribution < 1.29 is 18.3 Å². The first-order chi connectivity index (χ1) is 4.96. The summed E-state index contributed by atoms with van der Waals surface area (Å²) in [5, 5.41) is 10.5. The summed E-state index contributed by atoms with van der Waals surface area (Å²) in [5.74, 6) is -1.50. The van der Waals surface area contributed by atoms with Crippen molar-refractivity contribution in [2.24, 2.45) is 0 Å². The highest BCUT2D eigenvalue weighted by Gasteiger charge is 2.33. The van der Waals surface area contributed by atoms with Gasteiger partial charge in [0.2, 0.25) is 14.2 Å². The van der Waals surface area contributed by atoms with E-state index in [1.165, 1.54) is 0 Å².